The number of hydrogen-bond acceptors (Lipinski definition) is 4. The first-order chi connectivity index (χ1) is 6.97. The fourth-order valence-electron chi connectivity index (χ4n) is 1.11. The summed E-state index contributed by atoms with van der Waals surface area (Å²) in [4.78, 5) is 0.168. The SMILES string of the molecule is CSCCS(=O)(=O)c1ccc(Cl)cc1N. The van der Waals surface area contributed by atoms with E-state index in [0.29, 0.717) is 10.8 Å². The Morgan fingerprint density at radius 2 is 2.13 bits per heavy atom. The van der Waals surface area contributed by atoms with Crippen molar-refractivity contribution in [2.45, 2.75) is 4.90 Å². The Bertz CT molecular complexity index is 445. The van der Waals surface area contributed by atoms with E-state index in [1.165, 1.54) is 30.0 Å². The Morgan fingerprint density at radius 3 is 2.67 bits per heavy atom. The highest BCUT2D eigenvalue weighted by Crippen LogP contribution is 2.23. The molecule has 0 aliphatic carbocycles. The van der Waals surface area contributed by atoms with Gasteiger partial charge in [0.2, 0.25) is 0 Å². The van der Waals surface area contributed by atoms with Crippen LogP contribution in [-0.2, 0) is 9.84 Å². The van der Waals surface area contributed by atoms with Gasteiger partial charge >= 0.3 is 0 Å². The molecule has 1 aromatic carbocycles. The second-order valence-corrected chi connectivity index (χ2v) is 6.49. The van der Waals surface area contributed by atoms with Crippen LogP contribution in [0.3, 0.4) is 0 Å². The number of halogens is 1. The monoisotopic (exact) mass is 265 g/mol. The van der Waals surface area contributed by atoms with Gasteiger partial charge < -0.3 is 5.73 Å². The minimum atomic E-state index is -3.27. The number of hydrogen-bond donors (Lipinski definition) is 1. The molecule has 0 spiro atoms. The minimum Gasteiger partial charge on any atom is -0.398 e. The summed E-state index contributed by atoms with van der Waals surface area (Å²) in [6, 6.07) is 4.44. The third kappa shape index (κ3) is 3.29. The highest BCUT2D eigenvalue weighted by atomic mass is 35.5. The molecule has 3 nitrogen and oxygen atoms in total. The molecule has 0 radical (unpaired) electrons. The first-order valence-electron chi connectivity index (χ1n) is 4.24. The highest BCUT2D eigenvalue weighted by molar-refractivity contribution is 8.00. The average Bonchev–Trinajstić information content (AvgIpc) is 2.14. The summed E-state index contributed by atoms with van der Waals surface area (Å²) < 4.78 is 23.6. The predicted molar refractivity (Wildman–Crippen MR) is 66.3 cm³/mol. The molecule has 0 bridgehead atoms. The molecule has 0 unspecified atom stereocenters. The Kier molecular flexibility index (Phi) is 4.31. The molecule has 0 aromatic heterocycles. The van der Waals surface area contributed by atoms with Crippen LogP contribution in [-0.4, -0.2) is 26.2 Å². The van der Waals surface area contributed by atoms with Gasteiger partial charge in [-0.3, -0.25) is 0 Å². The van der Waals surface area contributed by atoms with Crippen LogP contribution in [0.2, 0.25) is 5.02 Å². The Morgan fingerprint density at radius 1 is 1.47 bits per heavy atom. The summed E-state index contributed by atoms with van der Waals surface area (Å²) in [5, 5.41) is 0.441. The predicted octanol–water partition coefficient (Wildman–Crippen LogP) is 2.06. The van der Waals surface area contributed by atoms with Crippen molar-refractivity contribution >= 4 is 38.9 Å². The van der Waals surface area contributed by atoms with Gasteiger partial charge in [-0.2, -0.15) is 11.8 Å². The molecular weight excluding hydrogens is 254 g/mol. The van der Waals surface area contributed by atoms with Crippen LogP contribution in [0.25, 0.3) is 0 Å². The van der Waals surface area contributed by atoms with E-state index in [1.807, 2.05) is 6.26 Å². The third-order valence-corrected chi connectivity index (χ3v) is 4.75. The Labute approximate surface area is 98.9 Å². The van der Waals surface area contributed by atoms with Crippen molar-refractivity contribution in [3.8, 4) is 0 Å². The van der Waals surface area contributed by atoms with Gasteiger partial charge in [0.25, 0.3) is 0 Å². The lowest BCUT2D eigenvalue weighted by molar-refractivity contribution is 0.598. The van der Waals surface area contributed by atoms with Crippen LogP contribution >= 0.6 is 23.4 Å². The number of anilines is 1. The van der Waals surface area contributed by atoms with E-state index in [4.69, 9.17) is 17.3 Å². The van der Waals surface area contributed by atoms with Gasteiger partial charge in [-0.1, -0.05) is 11.6 Å². The largest absolute Gasteiger partial charge is 0.398 e. The van der Waals surface area contributed by atoms with Crippen molar-refractivity contribution in [2.24, 2.45) is 0 Å². The summed E-state index contributed by atoms with van der Waals surface area (Å²) in [5.41, 5.74) is 5.82. The zero-order valence-corrected chi connectivity index (χ0v) is 10.6. The zero-order chi connectivity index (χ0) is 11.5. The van der Waals surface area contributed by atoms with Crippen LogP contribution in [0.15, 0.2) is 23.1 Å². The van der Waals surface area contributed by atoms with Crippen molar-refractivity contribution < 1.29 is 8.42 Å². The molecule has 1 aromatic rings. The van der Waals surface area contributed by atoms with E-state index in [-0.39, 0.29) is 16.3 Å². The van der Waals surface area contributed by atoms with Gasteiger partial charge in [0.1, 0.15) is 0 Å². The smallest absolute Gasteiger partial charge is 0.181 e. The first-order valence-corrected chi connectivity index (χ1v) is 7.66. The van der Waals surface area contributed by atoms with E-state index < -0.39 is 9.84 Å². The lowest BCUT2D eigenvalue weighted by Gasteiger charge is -2.06. The molecule has 0 fully saturated rings. The van der Waals surface area contributed by atoms with Crippen molar-refractivity contribution in [3.63, 3.8) is 0 Å². The van der Waals surface area contributed by atoms with Crippen molar-refractivity contribution in [1.82, 2.24) is 0 Å². The van der Waals surface area contributed by atoms with Crippen LogP contribution in [0, 0.1) is 0 Å². The van der Waals surface area contributed by atoms with Crippen molar-refractivity contribution in [3.05, 3.63) is 23.2 Å². The maximum Gasteiger partial charge on any atom is 0.181 e. The van der Waals surface area contributed by atoms with Gasteiger partial charge in [-0.15, -0.1) is 0 Å². The average molecular weight is 266 g/mol. The fourth-order valence-corrected chi connectivity index (χ4v) is 3.74. The highest BCUT2D eigenvalue weighted by Gasteiger charge is 2.16. The molecule has 15 heavy (non-hydrogen) atoms. The topological polar surface area (TPSA) is 60.2 Å². The Balaban J connectivity index is 3.05. The summed E-state index contributed by atoms with van der Waals surface area (Å²) >= 11 is 7.18. The van der Waals surface area contributed by atoms with Gasteiger partial charge in [0, 0.05) is 10.8 Å². The second kappa shape index (κ2) is 5.09. The third-order valence-electron chi connectivity index (χ3n) is 1.86. The minimum absolute atomic E-state index is 0.0972. The number of nitrogen functional groups attached to an aromatic ring is 1. The molecule has 2 N–H and O–H groups in total. The quantitative estimate of drug-likeness (QED) is 0.847. The van der Waals surface area contributed by atoms with E-state index >= 15 is 0 Å². The molecule has 0 aliphatic rings. The molecule has 0 heterocycles. The van der Waals surface area contributed by atoms with Gasteiger partial charge in [0.15, 0.2) is 9.84 Å². The van der Waals surface area contributed by atoms with Crippen LogP contribution in [0.4, 0.5) is 5.69 Å². The van der Waals surface area contributed by atoms with Gasteiger partial charge in [-0.25, -0.2) is 8.42 Å². The van der Waals surface area contributed by atoms with Gasteiger partial charge in [-0.05, 0) is 24.5 Å². The molecular formula is C9H12ClNO2S2. The maximum absolute atomic E-state index is 11.8. The molecule has 0 saturated heterocycles. The zero-order valence-electron chi connectivity index (χ0n) is 8.23. The first kappa shape index (κ1) is 12.7. The molecule has 0 aliphatic heterocycles. The van der Waals surface area contributed by atoms with E-state index in [1.54, 1.807) is 0 Å². The Hall–Kier alpha value is -0.390. The lowest BCUT2D eigenvalue weighted by Crippen LogP contribution is -2.11. The van der Waals surface area contributed by atoms with E-state index in [2.05, 4.69) is 0 Å². The molecule has 1 rings (SSSR count). The number of sulfone groups is 1. The molecule has 84 valence electrons. The summed E-state index contributed by atoms with van der Waals surface area (Å²) in [6.45, 7) is 0. The van der Waals surface area contributed by atoms with Crippen molar-refractivity contribution in [1.29, 1.82) is 0 Å². The fraction of sp³-hybridized carbons (Fsp3) is 0.333. The normalized spacial score (nSPS) is 11.6. The molecule has 0 amide bonds. The van der Waals surface area contributed by atoms with Crippen LogP contribution in [0.1, 0.15) is 0 Å². The van der Waals surface area contributed by atoms with E-state index in [9.17, 15) is 8.42 Å². The number of thioether (sulfide) groups is 1. The van der Waals surface area contributed by atoms with Crippen molar-refractivity contribution in [2.75, 3.05) is 23.5 Å². The molecule has 0 saturated carbocycles. The summed E-state index contributed by atoms with van der Waals surface area (Å²) in [7, 11) is -3.27. The van der Waals surface area contributed by atoms with Crippen LogP contribution < -0.4 is 5.73 Å². The standard InChI is InChI=1S/C9H12ClNO2S2/c1-14-4-5-15(12,13)9-3-2-7(10)6-8(9)11/h2-3,6H,4-5,11H2,1H3. The molecule has 0 atom stereocenters. The molecule has 6 heteroatoms. The lowest BCUT2D eigenvalue weighted by atomic mass is 10.3. The van der Waals surface area contributed by atoms with Gasteiger partial charge in [0.05, 0.1) is 16.3 Å². The summed E-state index contributed by atoms with van der Waals surface area (Å²) in [6.07, 6.45) is 1.86. The van der Waals surface area contributed by atoms with Crippen LogP contribution in [0.5, 0.6) is 0 Å². The number of nitrogens with two attached hydrogens (primary N) is 1. The summed E-state index contributed by atoms with van der Waals surface area (Å²) in [5.74, 6) is 0.657. The number of rotatable bonds is 4. The van der Waals surface area contributed by atoms with E-state index in [0.717, 1.165) is 0 Å². The maximum atomic E-state index is 11.8. The second-order valence-electron chi connectivity index (χ2n) is 2.99. The number of benzene rings is 1.